The van der Waals surface area contributed by atoms with Crippen molar-refractivity contribution in [3.05, 3.63) is 58.4 Å². The van der Waals surface area contributed by atoms with Crippen LogP contribution in [0.1, 0.15) is 11.1 Å². The Morgan fingerprint density at radius 1 is 1.18 bits per heavy atom. The maximum Gasteiger partial charge on any atom is 0.162 e. The lowest BCUT2D eigenvalue weighted by molar-refractivity contribution is 0.355. The van der Waals surface area contributed by atoms with Crippen molar-refractivity contribution in [3.8, 4) is 17.6 Å². The summed E-state index contributed by atoms with van der Waals surface area (Å²) < 4.78 is 23.7. The van der Waals surface area contributed by atoms with Gasteiger partial charge in [0.25, 0.3) is 0 Å². The molecule has 0 radical (unpaired) electrons. The summed E-state index contributed by atoms with van der Waals surface area (Å²) in [4.78, 5) is 0. The molecule has 0 aliphatic carbocycles. The topological polar surface area (TPSA) is 42.2 Å². The molecule has 0 unspecified atom stereocenters. The van der Waals surface area contributed by atoms with E-state index in [-0.39, 0.29) is 0 Å². The highest BCUT2D eigenvalue weighted by Crippen LogP contribution is 2.34. The minimum absolute atomic E-state index is 0.300. The molecule has 0 bridgehead atoms. The summed E-state index contributed by atoms with van der Waals surface area (Å²) in [6.45, 7) is 0. The Morgan fingerprint density at radius 3 is 2.45 bits per heavy atom. The minimum Gasteiger partial charge on any atom is -0.493 e. The summed E-state index contributed by atoms with van der Waals surface area (Å²) >= 11 is 6.19. The van der Waals surface area contributed by atoms with Crippen molar-refractivity contribution >= 4 is 23.3 Å². The summed E-state index contributed by atoms with van der Waals surface area (Å²) in [5, 5.41) is 9.71. The average molecular weight is 318 g/mol. The number of methoxy groups -OCH3 is 2. The van der Waals surface area contributed by atoms with Crippen molar-refractivity contribution in [1.82, 2.24) is 0 Å². The zero-order chi connectivity index (χ0) is 16.1. The van der Waals surface area contributed by atoms with Crippen LogP contribution < -0.4 is 9.47 Å². The fourth-order valence-corrected chi connectivity index (χ4v) is 2.18. The van der Waals surface area contributed by atoms with Gasteiger partial charge in [-0.2, -0.15) is 5.26 Å². The van der Waals surface area contributed by atoms with E-state index in [1.165, 1.54) is 26.4 Å². The zero-order valence-corrected chi connectivity index (χ0v) is 12.8. The second kappa shape index (κ2) is 6.97. The van der Waals surface area contributed by atoms with Crippen LogP contribution >= 0.6 is 11.6 Å². The van der Waals surface area contributed by atoms with E-state index in [1.807, 2.05) is 0 Å². The molecule has 2 aromatic rings. The van der Waals surface area contributed by atoms with E-state index in [2.05, 4.69) is 6.07 Å². The van der Waals surface area contributed by atoms with Crippen LogP contribution in [0.4, 0.5) is 4.39 Å². The molecule has 0 saturated carbocycles. The highest BCUT2D eigenvalue weighted by Gasteiger charge is 2.10. The number of benzene rings is 2. The lowest BCUT2D eigenvalue weighted by Crippen LogP contribution is -1.92. The van der Waals surface area contributed by atoms with E-state index in [1.54, 1.807) is 30.3 Å². The first-order valence-electron chi connectivity index (χ1n) is 6.38. The molecule has 0 aliphatic heterocycles. The van der Waals surface area contributed by atoms with Crippen molar-refractivity contribution in [1.29, 1.82) is 5.26 Å². The molecule has 22 heavy (non-hydrogen) atoms. The van der Waals surface area contributed by atoms with Gasteiger partial charge < -0.3 is 9.47 Å². The average Bonchev–Trinajstić information content (AvgIpc) is 2.53. The van der Waals surface area contributed by atoms with Gasteiger partial charge in [-0.1, -0.05) is 23.7 Å². The van der Waals surface area contributed by atoms with E-state index in [9.17, 15) is 9.65 Å². The van der Waals surface area contributed by atoms with Gasteiger partial charge in [0.15, 0.2) is 11.5 Å². The Labute approximate surface area is 133 Å². The maximum absolute atomic E-state index is 13.3. The molecule has 2 rings (SSSR count). The number of hydrogen-bond donors (Lipinski definition) is 0. The number of hydrogen-bond acceptors (Lipinski definition) is 3. The van der Waals surface area contributed by atoms with Gasteiger partial charge in [0.1, 0.15) is 5.82 Å². The molecule has 0 fully saturated rings. The Balaban J connectivity index is 2.53. The van der Waals surface area contributed by atoms with Crippen molar-refractivity contribution < 1.29 is 13.9 Å². The van der Waals surface area contributed by atoms with E-state index in [4.69, 9.17) is 21.1 Å². The smallest absolute Gasteiger partial charge is 0.162 e. The van der Waals surface area contributed by atoms with Gasteiger partial charge in [-0.3, -0.25) is 0 Å². The molecule has 112 valence electrons. The number of rotatable bonds is 4. The monoisotopic (exact) mass is 317 g/mol. The summed E-state index contributed by atoms with van der Waals surface area (Å²) in [6, 6.07) is 11.1. The third-order valence-electron chi connectivity index (χ3n) is 3.06. The van der Waals surface area contributed by atoms with Gasteiger partial charge in [-0.05, 0) is 35.4 Å². The molecule has 3 nitrogen and oxygen atoms in total. The van der Waals surface area contributed by atoms with E-state index in [0.717, 1.165) is 0 Å². The van der Waals surface area contributed by atoms with Crippen LogP contribution in [0.5, 0.6) is 11.5 Å². The van der Waals surface area contributed by atoms with Gasteiger partial charge in [-0.15, -0.1) is 0 Å². The van der Waals surface area contributed by atoms with Crippen LogP contribution in [0.2, 0.25) is 5.02 Å². The van der Waals surface area contributed by atoms with Gasteiger partial charge in [-0.25, -0.2) is 4.39 Å². The molecule has 0 spiro atoms. The minimum atomic E-state index is -0.406. The first kappa shape index (κ1) is 15.9. The van der Waals surface area contributed by atoms with Gasteiger partial charge >= 0.3 is 0 Å². The molecule has 0 saturated heterocycles. The van der Waals surface area contributed by atoms with E-state index < -0.39 is 5.82 Å². The molecular weight excluding hydrogens is 305 g/mol. The molecular formula is C17H13ClFNO2. The van der Waals surface area contributed by atoms with Crippen molar-refractivity contribution in [2.45, 2.75) is 0 Å². The summed E-state index contributed by atoms with van der Waals surface area (Å²) in [6.07, 6.45) is 1.58. The lowest BCUT2D eigenvalue weighted by atomic mass is 10.0. The maximum atomic E-state index is 13.3. The SMILES string of the molecule is COc1cc(Cl)c(/C=C(/C#N)c2cccc(F)c2)cc1OC. The first-order valence-corrected chi connectivity index (χ1v) is 6.76. The number of ether oxygens (including phenoxy) is 2. The Kier molecular flexibility index (Phi) is 5.03. The normalized spacial score (nSPS) is 11.0. The lowest BCUT2D eigenvalue weighted by Gasteiger charge is -2.10. The van der Waals surface area contributed by atoms with Crippen LogP contribution in [0.15, 0.2) is 36.4 Å². The molecule has 0 heterocycles. The van der Waals surface area contributed by atoms with Crippen molar-refractivity contribution in [2.75, 3.05) is 14.2 Å². The Hall–Kier alpha value is -2.51. The largest absolute Gasteiger partial charge is 0.493 e. The van der Waals surface area contributed by atoms with E-state index in [0.29, 0.717) is 33.2 Å². The molecule has 5 heteroatoms. The first-order chi connectivity index (χ1) is 10.6. The van der Waals surface area contributed by atoms with Crippen LogP contribution in [0.3, 0.4) is 0 Å². The van der Waals surface area contributed by atoms with Gasteiger partial charge in [0.2, 0.25) is 0 Å². The Morgan fingerprint density at radius 2 is 1.86 bits per heavy atom. The summed E-state index contributed by atoms with van der Waals surface area (Å²) in [5.74, 6) is 0.584. The predicted octanol–water partition coefficient (Wildman–Crippen LogP) is 4.56. The van der Waals surface area contributed by atoms with Crippen LogP contribution in [0, 0.1) is 17.1 Å². The highest BCUT2D eigenvalue weighted by atomic mass is 35.5. The molecule has 2 aromatic carbocycles. The third-order valence-corrected chi connectivity index (χ3v) is 3.39. The third kappa shape index (κ3) is 3.38. The van der Waals surface area contributed by atoms with Crippen LogP contribution in [-0.4, -0.2) is 14.2 Å². The molecule has 0 atom stereocenters. The van der Waals surface area contributed by atoms with E-state index >= 15 is 0 Å². The van der Waals surface area contributed by atoms with Crippen molar-refractivity contribution in [2.24, 2.45) is 0 Å². The number of nitrogens with zero attached hydrogens (tertiary/aromatic N) is 1. The fraction of sp³-hybridized carbons (Fsp3) is 0.118. The van der Waals surface area contributed by atoms with Gasteiger partial charge in [0.05, 0.1) is 30.9 Å². The summed E-state index contributed by atoms with van der Waals surface area (Å²) in [5.41, 5.74) is 1.36. The fourth-order valence-electron chi connectivity index (χ4n) is 1.97. The predicted molar refractivity (Wildman–Crippen MR) is 84.4 cm³/mol. The molecule has 0 aromatic heterocycles. The standard InChI is InChI=1S/C17H13ClFNO2/c1-21-16-8-12(15(18)9-17(16)22-2)6-13(10-20)11-4-3-5-14(19)7-11/h3-9H,1-2H3/b13-6-. The number of nitriles is 1. The second-order valence-corrected chi connectivity index (χ2v) is 4.82. The quantitative estimate of drug-likeness (QED) is 0.613. The highest BCUT2D eigenvalue weighted by molar-refractivity contribution is 6.32. The second-order valence-electron chi connectivity index (χ2n) is 4.41. The van der Waals surface area contributed by atoms with Crippen LogP contribution in [-0.2, 0) is 0 Å². The summed E-state index contributed by atoms with van der Waals surface area (Å²) in [7, 11) is 3.02. The number of allylic oxidation sites excluding steroid dienone is 1. The molecule has 0 amide bonds. The zero-order valence-electron chi connectivity index (χ0n) is 12.1. The van der Waals surface area contributed by atoms with Crippen molar-refractivity contribution in [3.63, 3.8) is 0 Å². The van der Waals surface area contributed by atoms with Gasteiger partial charge in [0, 0.05) is 6.07 Å². The van der Waals surface area contributed by atoms with Crippen LogP contribution in [0.25, 0.3) is 11.6 Å². The Bertz CT molecular complexity index is 766. The number of halogens is 2. The molecule has 0 N–H and O–H groups in total. The molecule has 0 aliphatic rings.